The van der Waals surface area contributed by atoms with Gasteiger partial charge in [-0.3, -0.25) is 0 Å². The molecule has 1 aliphatic rings. The van der Waals surface area contributed by atoms with Crippen molar-refractivity contribution in [2.75, 3.05) is 26.2 Å². The normalized spacial score (nSPS) is 20.6. The molecule has 0 saturated carbocycles. The van der Waals surface area contributed by atoms with Gasteiger partial charge in [-0.1, -0.05) is 13.8 Å². The Morgan fingerprint density at radius 2 is 1.93 bits per heavy atom. The summed E-state index contributed by atoms with van der Waals surface area (Å²) in [4.78, 5) is 2.62. The average Bonchev–Trinajstić information content (AvgIpc) is 2.17. The van der Waals surface area contributed by atoms with Gasteiger partial charge in [-0.05, 0) is 63.7 Å². The van der Waals surface area contributed by atoms with Crippen LogP contribution < -0.4 is 5.73 Å². The van der Waals surface area contributed by atoms with Crippen LogP contribution in [0.5, 0.6) is 0 Å². The fourth-order valence-corrected chi connectivity index (χ4v) is 2.18. The summed E-state index contributed by atoms with van der Waals surface area (Å²) in [5, 5.41) is 0. The maximum atomic E-state index is 5.58. The Morgan fingerprint density at radius 1 is 1.29 bits per heavy atom. The van der Waals surface area contributed by atoms with Gasteiger partial charge in [0.05, 0.1) is 0 Å². The lowest BCUT2D eigenvalue weighted by Gasteiger charge is -2.32. The lowest BCUT2D eigenvalue weighted by molar-refractivity contribution is 0.173. The summed E-state index contributed by atoms with van der Waals surface area (Å²) >= 11 is 0. The molecule has 0 amide bonds. The summed E-state index contributed by atoms with van der Waals surface area (Å²) in [6, 6.07) is 0. The van der Waals surface area contributed by atoms with Crippen molar-refractivity contribution in [3.8, 4) is 0 Å². The highest BCUT2D eigenvalue weighted by Gasteiger charge is 2.17. The predicted molar refractivity (Wildman–Crippen MR) is 62.3 cm³/mol. The van der Waals surface area contributed by atoms with Crippen LogP contribution >= 0.6 is 0 Å². The van der Waals surface area contributed by atoms with Crippen molar-refractivity contribution < 1.29 is 0 Å². The van der Waals surface area contributed by atoms with Crippen molar-refractivity contribution in [2.24, 2.45) is 17.6 Å². The highest BCUT2D eigenvalue weighted by Crippen LogP contribution is 2.20. The summed E-state index contributed by atoms with van der Waals surface area (Å²) in [7, 11) is 0. The van der Waals surface area contributed by atoms with Crippen LogP contribution in [0.25, 0.3) is 0 Å². The largest absolute Gasteiger partial charge is 0.330 e. The Hall–Kier alpha value is -0.0800. The lowest BCUT2D eigenvalue weighted by atomic mass is 9.93. The van der Waals surface area contributed by atoms with Crippen LogP contribution in [0.15, 0.2) is 0 Å². The van der Waals surface area contributed by atoms with Gasteiger partial charge < -0.3 is 10.6 Å². The van der Waals surface area contributed by atoms with E-state index in [1.54, 1.807) is 0 Å². The first-order chi connectivity index (χ1) is 6.72. The SMILES string of the molecule is CC(C)CCN1CCC(CCN)CC1. The zero-order valence-corrected chi connectivity index (χ0v) is 9.84. The predicted octanol–water partition coefficient (Wildman–Crippen LogP) is 2.09. The Balaban J connectivity index is 2.09. The highest BCUT2D eigenvalue weighted by atomic mass is 15.1. The van der Waals surface area contributed by atoms with Gasteiger partial charge in [0.15, 0.2) is 0 Å². The van der Waals surface area contributed by atoms with Crippen molar-refractivity contribution in [3.63, 3.8) is 0 Å². The minimum absolute atomic E-state index is 0.844. The van der Waals surface area contributed by atoms with Gasteiger partial charge in [0.25, 0.3) is 0 Å². The van der Waals surface area contributed by atoms with Crippen molar-refractivity contribution in [1.29, 1.82) is 0 Å². The van der Waals surface area contributed by atoms with Gasteiger partial charge in [-0.15, -0.1) is 0 Å². The molecule has 14 heavy (non-hydrogen) atoms. The van der Waals surface area contributed by atoms with Gasteiger partial charge in [-0.25, -0.2) is 0 Å². The van der Waals surface area contributed by atoms with E-state index in [1.807, 2.05) is 0 Å². The van der Waals surface area contributed by atoms with Crippen molar-refractivity contribution in [2.45, 2.75) is 39.5 Å². The first-order valence-electron chi connectivity index (χ1n) is 6.14. The molecule has 0 unspecified atom stereocenters. The zero-order valence-electron chi connectivity index (χ0n) is 9.84. The summed E-state index contributed by atoms with van der Waals surface area (Å²) in [5.74, 6) is 1.76. The van der Waals surface area contributed by atoms with E-state index in [2.05, 4.69) is 18.7 Å². The molecule has 1 rings (SSSR count). The van der Waals surface area contributed by atoms with Gasteiger partial charge in [0.1, 0.15) is 0 Å². The Labute approximate surface area is 88.8 Å². The smallest absolute Gasteiger partial charge is 0.00161 e. The van der Waals surface area contributed by atoms with E-state index in [4.69, 9.17) is 5.73 Å². The number of hydrogen-bond donors (Lipinski definition) is 1. The zero-order chi connectivity index (χ0) is 10.4. The molecule has 0 aliphatic carbocycles. The van der Waals surface area contributed by atoms with Gasteiger partial charge in [0.2, 0.25) is 0 Å². The molecule has 1 heterocycles. The molecule has 2 nitrogen and oxygen atoms in total. The lowest BCUT2D eigenvalue weighted by Crippen LogP contribution is -2.35. The third kappa shape index (κ3) is 4.43. The molecule has 0 bridgehead atoms. The minimum atomic E-state index is 0.844. The van der Waals surface area contributed by atoms with Crippen molar-refractivity contribution in [1.82, 2.24) is 4.90 Å². The monoisotopic (exact) mass is 198 g/mol. The van der Waals surface area contributed by atoms with Crippen LogP contribution in [-0.2, 0) is 0 Å². The van der Waals surface area contributed by atoms with Gasteiger partial charge in [0, 0.05) is 0 Å². The molecular weight excluding hydrogens is 172 g/mol. The van der Waals surface area contributed by atoms with Gasteiger partial charge >= 0.3 is 0 Å². The summed E-state index contributed by atoms with van der Waals surface area (Å²) in [6.45, 7) is 9.39. The number of hydrogen-bond acceptors (Lipinski definition) is 2. The number of likely N-dealkylation sites (tertiary alicyclic amines) is 1. The van der Waals surface area contributed by atoms with E-state index in [9.17, 15) is 0 Å². The van der Waals surface area contributed by atoms with Crippen LogP contribution in [0.2, 0.25) is 0 Å². The minimum Gasteiger partial charge on any atom is -0.330 e. The average molecular weight is 198 g/mol. The maximum absolute atomic E-state index is 5.58. The molecule has 0 spiro atoms. The summed E-state index contributed by atoms with van der Waals surface area (Å²) in [6.07, 6.45) is 5.32. The van der Waals surface area contributed by atoms with Crippen molar-refractivity contribution >= 4 is 0 Å². The van der Waals surface area contributed by atoms with E-state index in [-0.39, 0.29) is 0 Å². The molecule has 2 N–H and O–H groups in total. The Bertz CT molecular complexity index is 137. The molecule has 0 aromatic heterocycles. The van der Waals surface area contributed by atoms with Crippen LogP contribution in [-0.4, -0.2) is 31.1 Å². The molecule has 0 radical (unpaired) electrons. The molecule has 0 aromatic carbocycles. The second kappa shape index (κ2) is 6.41. The third-order valence-corrected chi connectivity index (χ3v) is 3.30. The molecular formula is C12H26N2. The quantitative estimate of drug-likeness (QED) is 0.733. The van der Waals surface area contributed by atoms with E-state index < -0.39 is 0 Å². The Kier molecular flexibility index (Phi) is 5.49. The molecule has 1 saturated heterocycles. The van der Waals surface area contributed by atoms with Crippen LogP contribution in [0.1, 0.15) is 39.5 Å². The second-order valence-electron chi connectivity index (χ2n) is 5.04. The Morgan fingerprint density at radius 3 is 2.43 bits per heavy atom. The fraction of sp³-hybridized carbons (Fsp3) is 1.00. The number of nitrogens with zero attached hydrogens (tertiary/aromatic N) is 1. The topological polar surface area (TPSA) is 29.3 Å². The summed E-state index contributed by atoms with van der Waals surface area (Å²) in [5.41, 5.74) is 5.58. The van der Waals surface area contributed by atoms with E-state index in [0.717, 1.165) is 18.4 Å². The van der Waals surface area contributed by atoms with Crippen molar-refractivity contribution in [3.05, 3.63) is 0 Å². The molecule has 0 aromatic rings. The summed E-state index contributed by atoms with van der Waals surface area (Å²) < 4.78 is 0. The van der Waals surface area contributed by atoms with Gasteiger partial charge in [-0.2, -0.15) is 0 Å². The molecule has 1 fully saturated rings. The molecule has 0 atom stereocenters. The standard InChI is InChI=1S/C12H26N2/c1-11(2)4-8-14-9-5-12(3-7-13)6-10-14/h11-12H,3-10,13H2,1-2H3. The van der Waals surface area contributed by atoms with Crippen LogP contribution in [0, 0.1) is 11.8 Å². The van der Waals surface area contributed by atoms with Crippen LogP contribution in [0.4, 0.5) is 0 Å². The van der Waals surface area contributed by atoms with E-state index in [0.29, 0.717) is 0 Å². The fourth-order valence-electron chi connectivity index (χ4n) is 2.18. The maximum Gasteiger partial charge on any atom is -0.00161 e. The number of piperidine rings is 1. The molecule has 2 heteroatoms. The van der Waals surface area contributed by atoms with E-state index in [1.165, 1.54) is 45.3 Å². The third-order valence-electron chi connectivity index (χ3n) is 3.30. The molecule has 84 valence electrons. The number of rotatable bonds is 5. The van der Waals surface area contributed by atoms with E-state index >= 15 is 0 Å². The molecule has 1 aliphatic heterocycles. The second-order valence-corrected chi connectivity index (χ2v) is 5.04. The highest BCUT2D eigenvalue weighted by molar-refractivity contribution is 4.72. The first-order valence-corrected chi connectivity index (χ1v) is 6.14. The first kappa shape index (κ1) is 12.0. The van der Waals surface area contributed by atoms with Crippen LogP contribution in [0.3, 0.4) is 0 Å². The number of nitrogens with two attached hydrogens (primary N) is 1.